The molecular weight excluding hydrogens is 366 g/mol. The summed E-state index contributed by atoms with van der Waals surface area (Å²) in [5, 5.41) is 14.7. The lowest BCUT2D eigenvalue weighted by atomic mass is 10.2. The smallest absolute Gasteiger partial charge is 0.122 e. The van der Waals surface area contributed by atoms with Gasteiger partial charge in [0.25, 0.3) is 0 Å². The zero-order valence-corrected chi connectivity index (χ0v) is 16.1. The number of halogens is 1. The Labute approximate surface area is 165 Å². The number of nitrogen functional groups attached to an aromatic ring is 2. The average Bonchev–Trinajstić information content (AvgIpc) is 2.62. The second kappa shape index (κ2) is 11.1. The molecule has 7 nitrogen and oxygen atoms in total. The van der Waals surface area contributed by atoms with E-state index >= 15 is 0 Å². The van der Waals surface area contributed by atoms with Crippen LogP contribution in [-0.4, -0.2) is 49.9 Å². The maximum atomic E-state index is 7.36. The Morgan fingerprint density at radius 3 is 1.41 bits per heavy atom. The minimum absolute atomic E-state index is 0. The number of nitrogens with one attached hydrogen (secondary N) is 2. The minimum Gasteiger partial charge on any atom is -0.492 e. The van der Waals surface area contributed by atoms with Gasteiger partial charge in [-0.3, -0.25) is 15.7 Å². The van der Waals surface area contributed by atoms with Crippen molar-refractivity contribution in [2.75, 3.05) is 33.4 Å². The molecule has 0 heterocycles. The Balaban J connectivity index is 0.00000364. The van der Waals surface area contributed by atoms with Crippen LogP contribution in [0.4, 0.5) is 0 Å². The number of nitrogens with zero attached hydrogens (tertiary/aromatic N) is 1. The van der Waals surface area contributed by atoms with Crippen LogP contribution in [-0.2, 0) is 0 Å². The van der Waals surface area contributed by atoms with Crippen molar-refractivity contribution in [2.24, 2.45) is 11.5 Å². The summed E-state index contributed by atoms with van der Waals surface area (Å²) in [5.74, 6) is 1.61. The van der Waals surface area contributed by atoms with E-state index in [2.05, 4.69) is 4.90 Å². The van der Waals surface area contributed by atoms with Gasteiger partial charge in [0.15, 0.2) is 0 Å². The van der Waals surface area contributed by atoms with Crippen LogP contribution < -0.4 is 20.9 Å². The predicted molar refractivity (Wildman–Crippen MR) is 111 cm³/mol. The van der Waals surface area contributed by atoms with Crippen LogP contribution in [0.1, 0.15) is 11.1 Å². The van der Waals surface area contributed by atoms with E-state index in [1.807, 2.05) is 31.3 Å². The first kappa shape index (κ1) is 22.3. The third kappa shape index (κ3) is 7.55. The molecule has 0 spiro atoms. The molecule has 8 heteroatoms. The number of hydrogen-bond donors (Lipinski definition) is 4. The fourth-order valence-electron chi connectivity index (χ4n) is 2.21. The first-order valence-electron chi connectivity index (χ1n) is 8.29. The molecule has 0 fully saturated rings. The van der Waals surface area contributed by atoms with Crippen LogP contribution in [0.2, 0.25) is 0 Å². The first-order valence-corrected chi connectivity index (χ1v) is 8.29. The summed E-state index contributed by atoms with van der Waals surface area (Å²) in [4.78, 5) is 2.12. The molecular formula is C19H26ClN5O2. The van der Waals surface area contributed by atoms with Gasteiger partial charge in [-0.2, -0.15) is 0 Å². The van der Waals surface area contributed by atoms with Crippen LogP contribution in [0.15, 0.2) is 48.5 Å². The molecule has 0 aromatic heterocycles. The molecule has 6 N–H and O–H groups in total. The highest BCUT2D eigenvalue weighted by atomic mass is 35.5. The van der Waals surface area contributed by atoms with Gasteiger partial charge in [0.2, 0.25) is 0 Å². The van der Waals surface area contributed by atoms with Crippen LogP contribution in [0.25, 0.3) is 0 Å². The number of hydrogen-bond acceptors (Lipinski definition) is 5. The molecule has 0 amide bonds. The molecule has 2 aromatic carbocycles. The molecule has 0 aliphatic carbocycles. The summed E-state index contributed by atoms with van der Waals surface area (Å²) in [7, 11) is 2.00. The van der Waals surface area contributed by atoms with Gasteiger partial charge in [-0.05, 0) is 55.6 Å². The third-order valence-electron chi connectivity index (χ3n) is 3.81. The predicted octanol–water partition coefficient (Wildman–Crippen LogP) is 2.07. The normalized spacial score (nSPS) is 10.1. The number of nitrogens with two attached hydrogens (primary N) is 2. The fourth-order valence-corrected chi connectivity index (χ4v) is 2.21. The van der Waals surface area contributed by atoms with Gasteiger partial charge in [0.05, 0.1) is 0 Å². The lowest BCUT2D eigenvalue weighted by Crippen LogP contribution is -2.28. The summed E-state index contributed by atoms with van der Waals surface area (Å²) in [6.45, 7) is 2.65. The van der Waals surface area contributed by atoms with E-state index in [0.29, 0.717) is 24.3 Å². The molecule has 0 radical (unpaired) electrons. The standard InChI is InChI=1S/C19H25N5O2.ClH/c1-24(10-12-25-16-6-2-14(3-7-16)18(20)21)11-13-26-17-8-4-15(5-9-17)19(22)23;/h2-9H,10-13H2,1H3,(H3,20,21)(H3,22,23);1H. The van der Waals surface area contributed by atoms with E-state index in [0.717, 1.165) is 24.6 Å². The van der Waals surface area contributed by atoms with Gasteiger partial charge in [0.1, 0.15) is 36.4 Å². The summed E-state index contributed by atoms with van der Waals surface area (Å²) in [5.41, 5.74) is 12.2. The van der Waals surface area contributed by atoms with Gasteiger partial charge in [0, 0.05) is 24.2 Å². The fraction of sp³-hybridized carbons (Fsp3) is 0.263. The summed E-state index contributed by atoms with van der Waals surface area (Å²) in [6.07, 6.45) is 0. The van der Waals surface area contributed by atoms with Gasteiger partial charge in [-0.25, -0.2) is 0 Å². The first-order chi connectivity index (χ1) is 12.5. The van der Waals surface area contributed by atoms with Crippen LogP contribution in [0, 0.1) is 10.8 Å². The largest absolute Gasteiger partial charge is 0.492 e. The number of ether oxygens (including phenoxy) is 2. The Bertz CT molecular complexity index is 671. The van der Waals surface area contributed by atoms with Crippen molar-refractivity contribution in [3.8, 4) is 11.5 Å². The van der Waals surface area contributed by atoms with E-state index in [-0.39, 0.29) is 24.1 Å². The van der Waals surface area contributed by atoms with E-state index in [1.165, 1.54) is 0 Å². The third-order valence-corrected chi connectivity index (χ3v) is 3.81. The Morgan fingerprint density at radius 2 is 1.11 bits per heavy atom. The van der Waals surface area contributed by atoms with Crippen LogP contribution >= 0.6 is 12.4 Å². The molecule has 0 aliphatic heterocycles. The van der Waals surface area contributed by atoms with Crippen molar-refractivity contribution < 1.29 is 9.47 Å². The SMILES string of the molecule is CN(CCOc1ccc(C(=N)N)cc1)CCOc1ccc(C(=N)N)cc1.Cl. The molecule has 0 saturated carbocycles. The van der Waals surface area contributed by atoms with E-state index in [9.17, 15) is 0 Å². The van der Waals surface area contributed by atoms with E-state index in [4.69, 9.17) is 31.8 Å². The zero-order chi connectivity index (χ0) is 18.9. The summed E-state index contributed by atoms with van der Waals surface area (Å²) in [6, 6.07) is 14.3. The number of rotatable bonds is 10. The molecule has 0 saturated heterocycles. The second-order valence-corrected chi connectivity index (χ2v) is 5.88. The summed E-state index contributed by atoms with van der Waals surface area (Å²) < 4.78 is 11.4. The van der Waals surface area contributed by atoms with Crippen molar-refractivity contribution in [3.05, 3.63) is 59.7 Å². The lowest BCUT2D eigenvalue weighted by Gasteiger charge is -2.17. The maximum absolute atomic E-state index is 7.36. The van der Waals surface area contributed by atoms with E-state index in [1.54, 1.807) is 24.3 Å². The minimum atomic E-state index is 0. The van der Waals surface area contributed by atoms with Gasteiger partial charge >= 0.3 is 0 Å². The van der Waals surface area contributed by atoms with Crippen LogP contribution in [0.3, 0.4) is 0 Å². The quantitative estimate of drug-likeness (QED) is 0.365. The monoisotopic (exact) mass is 391 g/mol. The van der Waals surface area contributed by atoms with Crippen LogP contribution in [0.5, 0.6) is 11.5 Å². The van der Waals surface area contributed by atoms with E-state index < -0.39 is 0 Å². The molecule has 0 aliphatic rings. The highest BCUT2D eigenvalue weighted by Crippen LogP contribution is 2.12. The highest BCUT2D eigenvalue weighted by molar-refractivity contribution is 5.95. The molecule has 0 atom stereocenters. The van der Waals surface area contributed by atoms with Gasteiger partial charge < -0.3 is 20.9 Å². The molecule has 0 bridgehead atoms. The van der Waals surface area contributed by atoms with Gasteiger partial charge in [-0.1, -0.05) is 0 Å². The topological polar surface area (TPSA) is 121 Å². The molecule has 0 unspecified atom stereocenters. The van der Waals surface area contributed by atoms with Crippen molar-refractivity contribution in [1.29, 1.82) is 10.8 Å². The van der Waals surface area contributed by atoms with Crippen molar-refractivity contribution in [1.82, 2.24) is 4.90 Å². The van der Waals surface area contributed by atoms with Gasteiger partial charge in [-0.15, -0.1) is 12.4 Å². The van der Waals surface area contributed by atoms with Crippen molar-refractivity contribution in [3.63, 3.8) is 0 Å². The number of likely N-dealkylation sites (N-methyl/N-ethyl adjacent to an activating group) is 1. The zero-order valence-electron chi connectivity index (χ0n) is 15.3. The number of amidine groups is 2. The highest BCUT2D eigenvalue weighted by Gasteiger charge is 2.02. The Hall–Kier alpha value is -2.77. The number of benzene rings is 2. The Kier molecular flexibility index (Phi) is 9.12. The molecule has 146 valence electrons. The molecule has 27 heavy (non-hydrogen) atoms. The lowest BCUT2D eigenvalue weighted by molar-refractivity contribution is 0.202. The second-order valence-electron chi connectivity index (χ2n) is 5.88. The maximum Gasteiger partial charge on any atom is 0.122 e. The molecule has 2 rings (SSSR count). The molecule has 2 aromatic rings. The average molecular weight is 392 g/mol. The van der Waals surface area contributed by atoms with Crippen molar-refractivity contribution >= 4 is 24.1 Å². The summed E-state index contributed by atoms with van der Waals surface area (Å²) >= 11 is 0. The van der Waals surface area contributed by atoms with Crippen molar-refractivity contribution in [2.45, 2.75) is 0 Å². The Morgan fingerprint density at radius 1 is 0.778 bits per heavy atom.